The second kappa shape index (κ2) is 8.99. The molecule has 1 aromatic heterocycles. The van der Waals surface area contributed by atoms with Crippen LogP contribution in [0.25, 0.3) is 22.3 Å². The minimum Gasteiger partial charge on any atom is -0.469 e. The molecule has 0 aliphatic heterocycles. The molecule has 0 aliphatic carbocycles. The lowest BCUT2D eigenvalue weighted by Crippen LogP contribution is -2.14. The highest BCUT2D eigenvalue weighted by Crippen LogP contribution is 2.36. The van der Waals surface area contributed by atoms with Gasteiger partial charge in [-0.25, -0.2) is 0 Å². The normalized spacial score (nSPS) is 11.0. The van der Waals surface area contributed by atoms with Gasteiger partial charge in [0.15, 0.2) is 0 Å². The van der Waals surface area contributed by atoms with Crippen LogP contribution in [0.15, 0.2) is 54.6 Å². The smallest absolute Gasteiger partial charge is 0.305 e. The molecule has 0 aliphatic rings. The fourth-order valence-corrected chi connectivity index (χ4v) is 4.11. The molecule has 0 saturated carbocycles. The number of methoxy groups -OCH3 is 1. The quantitative estimate of drug-likeness (QED) is 0.568. The summed E-state index contributed by atoms with van der Waals surface area (Å²) in [5.74, 6) is -0.747. The molecule has 1 amide bonds. The predicted octanol–water partition coefficient (Wildman–Crippen LogP) is 4.92. The Bertz CT molecular complexity index is 1050. The average Bonchev–Trinajstić information content (AvgIpc) is 3.05. The SMILES string of the molecule is COC(=O)CCc1c(-c2ccc(-c3ccccc3)cc2)c(C(N)=O)c(C)n1C(C)C. The lowest BCUT2D eigenvalue weighted by Gasteiger charge is -2.16. The minimum atomic E-state index is -0.464. The number of benzene rings is 2. The van der Waals surface area contributed by atoms with Crippen LogP contribution < -0.4 is 5.73 Å². The summed E-state index contributed by atoms with van der Waals surface area (Å²) in [7, 11) is 1.38. The number of carbonyl (C=O) groups excluding carboxylic acids is 2. The standard InChI is InChI=1S/C25H28N2O3/c1-16(2)27-17(3)23(25(26)29)24(21(27)14-15-22(28)30-4)20-12-10-19(11-13-20)18-8-6-5-7-9-18/h5-13,16H,14-15H2,1-4H3,(H2,26,29). The van der Waals surface area contributed by atoms with Crippen LogP contribution in [0.4, 0.5) is 0 Å². The predicted molar refractivity (Wildman–Crippen MR) is 119 cm³/mol. The van der Waals surface area contributed by atoms with Crippen LogP contribution in [0, 0.1) is 6.92 Å². The molecule has 5 heteroatoms. The lowest BCUT2D eigenvalue weighted by atomic mass is 9.95. The van der Waals surface area contributed by atoms with E-state index in [1.165, 1.54) is 7.11 Å². The van der Waals surface area contributed by atoms with E-state index in [1.807, 2.05) is 49.4 Å². The Morgan fingerprint density at radius 3 is 2.07 bits per heavy atom. The van der Waals surface area contributed by atoms with Crippen LogP contribution in [0.5, 0.6) is 0 Å². The van der Waals surface area contributed by atoms with E-state index in [4.69, 9.17) is 10.5 Å². The molecule has 2 aromatic carbocycles. The number of carbonyl (C=O) groups is 2. The monoisotopic (exact) mass is 404 g/mol. The van der Waals surface area contributed by atoms with Gasteiger partial charge < -0.3 is 15.0 Å². The Hall–Kier alpha value is -3.34. The van der Waals surface area contributed by atoms with E-state index < -0.39 is 5.91 Å². The molecular weight excluding hydrogens is 376 g/mol. The Balaban J connectivity index is 2.15. The molecule has 0 spiro atoms. The van der Waals surface area contributed by atoms with Crippen molar-refractivity contribution in [3.8, 4) is 22.3 Å². The summed E-state index contributed by atoms with van der Waals surface area (Å²) >= 11 is 0. The fraction of sp³-hybridized carbons (Fsp3) is 0.280. The number of nitrogens with zero attached hydrogens (tertiary/aromatic N) is 1. The fourth-order valence-electron chi connectivity index (χ4n) is 4.11. The maximum Gasteiger partial charge on any atom is 0.305 e. The summed E-state index contributed by atoms with van der Waals surface area (Å²) in [4.78, 5) is 24.2. The first-order valence-corrected chi connectivity index (χ1v) is 10.1. The van der Waals surface area contributed by atoms with Crippen LogP contribution in [-0.2, 0) is 16.0 Å². The first kappa shape index (κ1) is 21.4. The van der Waals surface area contributed by atoms with Crippen LogP contribution in [-0.4, -0.2) is 23.6 Å². The van der Waals surface area contributed by atoms with Crippen molar-refractivity contribution in [2.45, 2.75) is 39.7 Å². The van der Waals surface area contributed by atoms with E-state index >= 15 is 0 Å². The van der Waals surface area contributed by atoms with Gasteiger partial charge in [0.1, 0.15) is 0 Å². The first-order chi connectivity index (χ1) is 14.3. The van der Waals surface area contributed by atoms with Gasteiger partial charge >= 0.3 is 5.97 Å². The van der Waals surface area contributed by atoms with E-state index in [1.54, 1.807) is 0 Å². The van der Waals surface area contributed by atoms with Gasteiger partial charge in [-0.05, 0) is 43.9 Å². The number of esters is 1. The van der Waals surface area contributed by atoms with Crippen LogP contribution in [0.1, 0.15) is 48.1 Å². The van der Waals surface area contributed by atoms with E-state index in [-0.39, 0.29) is 18.4 Å². The van der Waals surface area contributed by atoms with E-state index in [2.05, 4.69) is 30.5 Å². The molecule has 0 bridgehead atoms. The van der Waals surface area contributed by atoms with Gasteiger partial charge in [0, 0.05) is 23.0 Å². The number of hydrogen-bond acceptors (Lipinski definition) is 3. The van der Waals surface area contributed by atoms with E-state index in [0.717, 1.165) is 33.6 Å². The number of primary amides is 1. The van der Waals surface area contributed by atoms with Crippen LogP contribution >= 0.6 is 0 Å². The van der Waals surface area contributed by atoms with Crippen LogP contribution in [0.2, 0.25) is 0 Å². The van der Waals surface area contributed by atoms with E-state index in [0.29, 0.717) is 12.0 Å². The van der Waals surface area contributed by atoms with Crippen molar-refractivity contribution >= 4 is 11.9 Å². The number of rotatable bonds is 7. The molecule has 2 N–H and O–H groups in total. The Labute approximate surface area is 177 Å². The number of amides is 1. The maximum absolute atomic E-state index is 12.4. The highest BCUT2D eigenvalue weighted by molar-refractivity contribution is 6.02. The van der Waals surface area contributed by atoms with Crippen molar-refractivity contribution in [1.29, 1.82) is 0 Å². The van der Waals surface area contributed by atoms with Crippen molar-refractivity contribution in [2.24, 2.45) is 5.73 Å². The minimum absolute atomic E-state index is 0.119. The van der Waals surface area contributed by atoms with Gasteiger partial charge in [-0.3, -0.25) is 9.59 Å². The third kappa shape index (κ3) is 4.15. The molecule has 3 aromatic rings. The van der Waals surface area contributed by atoms with Gasteiger partial charge in [0.2, 0.25) is 0 Å². The Kier molecular flexibility index (Phi) is 6.40. The van der Waals surface area contributed by atoms with E-state index in [9.17, 15) is 9.59 Å². The number of hydrogen-bond donors (Lipinski definition) is 1. The van der Waals surface area contributed by atoms with Crippen molar-refractivity contribution in [3.05, 3.63) is 71.5 Å². The van der Waals surface area contributed by atoms with Gasteiger partial charge in [0.25, 0.3) is 5.91 Å². The molecule has 156 valence electrons. The third-order valence-corrected chi connectivity index (χ3v) is 5.39. The van der Waals surface area contributed by atoms with Crippen molar-refractivity contribution in [2.75, 3.05) is 7.11 Å². The van der Waals surface area contributed by atoms with Gasteiger partial charge in [-0.2, -0.15) is 0 Å². The summed E-state index contributed by atoms with van der Waals surface area (Å²) in [6.45, 7) is 6.02. The molecule has 0 saturated heterocycles. The zero-order valence-corrected chi connectivity index (χ0v) is 17.9. The third-order valence-electron chi connectivity index (χ3n) is 5.39. The summed E-state index contributed by atoms with van der Waals surface area (Å²) in [6.07, 6.45) is 0.703. The number of ether oxygens (including phenoxy) is 1. The second-order valence-corrected chi connectivity index (χ2v) is 7.63. The highest BCUT2D eigenvalue weighted by Gasteiger charge is 2.26. The summed E-state index contributed by atoms with van der Waals surface area (Å²) in [6, 6.07) is 18.3. The molecule has 0 unspecified atom stereocenters. The summed E-state index contributed by atoms with van der Waals surface area (Å²) < 4.78 is 6.93. The molecule has 3 rings (SSSR count). The molecule has 1 heterocycles. The average molecular weight is 405 g/mol. The van der Waals surface area contributed by atoms with Gasteiger partial charge in [-0.1, -0.05) is 54.6 Å². The van der Waals surface area contributed by atoms with Gasteiger partial charge in [0.05, 0.1) is 19.1 Å². The molecule has 5 nitrogen and oxygen atoms in total. The molecular formula is C25H28N2O3. The second-order valence-electron chi connectivity index (χ2n) is 7.63. The molecule has 0 radical (unpaired) electrons. The Morgan fingerprint density at radius 2 is 1.53 bits per heavy atom. The Morgan fingerprint density at radius 1 is 0.967 bits per heavy atom. The summed E-state index contributed by atoms with van der Waals surface area (Å²) in [5.41, 5.74) is 12.0. The molecule has 30 heavy (non-hydrogen) atoms. The van der Waals surface area contributed by atoms with Gasteiger partial charge in [-0.15, -0.1) is 0 Å². The first-order valence-electron chi connectivity index (χ1n) is 10.1. The maximum atomic E-state index is 12.4. The van der Waals surface area contributed by atoms with Crippen LogP contribution in [0.3, 0.4) is 0 Å². The van der Waals surface area contributed by atoms with Crippen molar-refractivity contribution < 1.29 is 14.3 Å². The number of nitrogens with two attached hydrogens (primary N) is 1. The zero-order chi connectivity index (χ0) is 21.8. The molecule has 0 fully saturated rings. The van der Waals surface area contributed by atoms with Crippen molar-refractivity contribution in [3.63, 3.8) is 0 Å². The highest BCUT2D eigenvalue weighted by atomic mass is 16.5. The summed E-state index contributed by atoms with van der Waals surface area (Å²) in [5, 5.41) is 0. The molecule has 0 atom stereocenters. The lowest BCUT2D eigenvalue weighted by molar-refractivity contribution is -0.140. The number of aromatic nitrogens is 1. The van der Waals surface area contributed by atoms with Crippen molar-refractivity contribution in [1.82, 2.24) is 4.57 Å². The zero-order valence-electron chi connectivity index (χ0n) is 17.9. The topological polar surface area (TPSA) is 74.3 Å². The largest absolute Gasteiger partial charge is 0.469 e.